The van der Waals surface area contributed by atoms with Crippen LogP contribution in [0.15, 0.2) is 18.2 Å². The molecule has 0 aromatic heterocycles. The largest absolute Gasteiger partial charge is 0.444 e. The second-order valence-corrected chi connectivity index (χ2v) is 7.15. The van der Waals surface area contributed by atoms with Gasteiger partial charge in [-0.15, -0.1) is 0 Å². The maximum Gasteiger partial charge on any atom is 0.407 e. The fourth-order valence-electron chi connectivity index (χ4n) is 2.64. The Morgan fingerprint density at radius 1 is 1.39 bits per heavy atom. The number of amides is 1. The smallest absolute Gasteiger partial charge is 0.407 e. The number of para-hydroxylation sites is 1. The molecule has 1 heterocycles. The second kappa shape index (κ2) is 7.68. The number of benzene rings is 1. The number of aryl methyl sites for hydroxylation is 1. The number of alkyl carbamates (subject to hydrolysis) is 1. The standard InChI is InChI=1S/C18H29N3O2/c1-13(11-21-17(22)23-18(2,3)4)20-12-15-8-5-7-14-9-6-10-19-16(14)15/h5,7-8,13,19-20H,6,9-12H2,1-4H3,(H,21,22). The van der Waals surface area contributed by atoms with Gasteiger partial charge in [0.2, 0.25) is 0 Å². The van der Waals surface area contributed by atoms with Crippen LogP contribution in [0.3, 0.4) is 0 Å². The molecule has 3 N–H and O–H groups in total. The van der Waals surface area contributed by atoms with E-state index in [2.05, 4.69) is 41.1 Å². The molecule has 2 rings (SSSR count). The van der Waals surface area contributed by atoms with Crippen LogP contribution in [0, 0.1) is 0 Å². The first-order valence-corrected chi connectivity index (χ1v) is 8.40. The Morgan fingerprint density at radius 2 is 2.17 bits per heavy atom. The summed E-state index contributed by atoms with van der Waals surface area (Å²) in [5, 5.41) is 9.76. The van der Waals surface area contributed by atoms with Crippen molar-refractivity contribution >= 4 is 11.8 Å². The van der Waals surface area contributed by atoms with Gasteiger partial charge in [-0.2, -0.15) is 0 Å². The zero-order valence-corrected chi connectivity index (χ0v) is 14.7. The lowest BCUT2D eigenvalue weighted by Crippen LogP contribution is -2.41. The van der Waals surface area contributed by atoms with Gasteiger partial charge in [-0.3, -0.25) is 0 Å². The van der Waals surface area contributed by atoms with Crippen LogP contribution >= 0.6 is 0 Å². The highest BCUT2D eigenvalue weighted by Crippen LogP contribution is 2.25. The second-order valence-electron chi connectivity index (χ2n) is 7.15. The van der Waals surface area contributed by atoms with Crippen molar-refractivity contribution in [3.05, 3.63) is 29.3 Å². The van der Waals surface area contributed by atoms with Crippen molar-refractivity contribution in [1.29, 1.82) is 0 Å². The molecule has 1 unspecified atom stereocenters. The fraction of sp³-hybridized carbons (Fsp3) is 0.611. The van der Waals surface area contributed by atoms with E-state index in [9.17, 15) is 4.79 Å². The van der Waals surface area contributed by atoms with Crippen molar-refractivity contribution in [2.45, 2.75) is 58.7 Å². The van der Waals surface area contributed by atoms with E-state index in [-0.39, 0.29) is 12.1 Å². The minimum atomic E-state index is -0.463. The summed E-state index contributed by atoms with van der Waals surface area (Å²) in [5.41, 5.74) is 3.50. The third-order valence-corrected chi connectivity index (χ3v) is 3.75. The molecule has 5 heteroatoms. The van der Waals surface area contributed by atoms with Gasteiger partial charge in [-0.25, -0.2) is 4.79 Å². The lowest BCUT2D eigenvalue weighted by atomic mass is 9.99. The molecule has 1 aromatic carbocycles. The molecule has 5 nitrogen and oxygen atoms in total. The van der Waals surface area contributed by atoms with Crippen LogP contribution in [-0.2, 0) is 17.7 Å². The molecule has 0 saturated heterocycles. The number of anilines is 1. The number of nitrogens with one attached hydrogen (secondary N) is 3. The third kappa shape index (κ3) is 5.75. The molecule has 23 heavy (non-hydrogen) atoms. The predicted molar refractivity (Wildman–Crippen MR) is 93.8 cm³/mol. The molecule has 1 aliphatic rings. The van der Waals surface area contributed by atoms with Gasteiger partial charge in [-0.1, -0.05) is 18.2 Å². The summed E-state index contributed by atoms with van der Waals surface area (Å²) in [6, 6.07) is 6.63. The van der Waals surface area contributed by atoms with Gasteiger partial charge in [-0.05, 0) is 51.7 Å². The highest BCUT2D eigenvalue weighted by atomic mass is 16.6. The minimum absolute atomic E-state index is 0.168. The Kier molecular flexibility index (Phi) is 5.88. The molecule has 1 amide bonds. The maximum atomic E-state index is 11.7. The summed E-state index contributed by atoms with van der Waals surface area (Å²) in [6.45, 7) is 10.0. The zero-order chi connectivity index (χ0) is 16.9. The van der Waals surface area contributed by atoms with E-state index in [1.54, 1.807) is 0 Å². The quantitative estimate of drug-likeness (QED) is 0.780. The molecule has 0 fully saturated rings. The zero-order valence-electron chi connectivity index (χ0n) is 14.7. The molecule has 0 spiro atoms. The topological polar surface area (TPSA) is 62.4 Å². The van der Waals surface area contributed by atoms with Crippen molar-refractivity contribution in [2.24, 2.45) is 0 Å². The van der Waals surface area contributed by atoms with Crippen molar-refractivity contribution < 1.29 is 9.53 Å². The number of fused-ring (bicyclic) bond motifs is 1. The Bertz CT molecular complexity index is 538. The lowest BCUT2D eigenvalue weighted by molar-refractivity contribution is 0.0523. The summed E-state index contributed by atoms with van der Waals surface area (Å²) in [4.78, 5) is 11.7. The van der Waals surface area contributed by atoms with Crippen LogP contribution in [-0.4, -0.2) is 30.8 Å². The lowest BCUT2D eigenvalue weighted by Gasteiger charge is -2.23. The van der Waals surface area contributed by atoms with E-state index in [0.717, 1.165) is 19.5 Å². The average Bonchev–Trinajstić information content (AvgIpc) is 2.49. The maximum absolute atomic E-state index is 11.7. The van der Waals surface area contributed by atoms with E-state index in [1.165, 1.54) is 23.2 Å². The van der Waals surface area contributed by atoms with Crippen molar-refractivity contribution in [2.75, 3.05) is 18.4 Å². The number of ether oxygens (including phenoxy) is 1. The molecule has 0 saturated carbocycles. The summed E-state index contributed by atoms with van der Waals surface area (Å²) < 4.78 is 5.24. The first kappa shape index (κ1) is 17.6. The normalized spacial score (nSPS) is 15.3. The summed E-state index contributed by atoms with van der Waals surface area (Å²) >= 11 is 0. The Hall–Kier alpha value is -1.75. The van der Waals surface area contributed by atoms with E-state index in [4.69, 9.17) is 4.74 Å². The summed E-state index contributed by atoms with van der Waals surface area (Å²) in [5.74, 6) is 0. The van der Waals surface area contributed by atoms with E-state index >= 15 is 0 Å². The van der Waals surface area contributed by atoms with Crippen molar-refractivity contribution in [3.8, 4) is 0 Å². The molecule has 1 aliphatic heterocycles. The van der Waals surface area contributed by atoms with Gasteiger partial charge in [0.15, 0.2) is 0 Å². The van der Waals surface area contributed by atoms with E-state index in [1.807, 2.05) is 20.8 Å². The van der Waals surface area contributed by atoms with E-state index < -0.39 is 5.60 Å². The highest BCUT2D eigenvalue weighted by Gasteiger charge is 2.17. The van der Waals surface area contributed by atoms with Gasteiger partial charge < -0.3 is 20.7 Å². The van der Waals surface area contributed by atoms with Gasteiger partial charge in [0.05, 0.1) is 0 Å². The van der Waals surface area contributed by atoms with Crippen molar-refractivity contribution in [1.82, 2.24) is 10.6 Å². The van der Waals surface area contributed by atoms with Gasteiger partial charge in [0.25, 0.3) is 0 Å². The Morgan fingerprint density at radius 3 is 2.91 bits per heavy atom. The molecule has 0 aliphatic carbocycles. The third-order valence-electron chi connectivity index (χ3n) is 3.75. The molecule has 0 bridgehead atoms. The van der Waals surface area contributed by atoms with Gasteiger partial charge in [0, 0.05) is 31.4 Å². The van der Waals surface area contributed by atoms with Crippen molar-refractivity contribution in [3.63, 3.8) is 0 Å². The highest BCUT2D eigenvalue weighted by molar-refractivity contribution is 5.67. The number of rotatable bonds is 5. The van der Waals surface area contributed by atoms with Crippen LogP contribution in [0.4, 0.5) is 10.5 Å². The first-order chi connectivity index (χ1) is 10.8. The number of hydrogen-bond donors (Lipinski definition) is 3. The van der Waals surface area contributed by atoms with Crippen LogP contribution in [0.2, 0.25) is 0 Å². The van der Waals surface area contributed by atoms with Crippen LogP contribution in [0.5, 0.6) is 0 Å². The summed E-state index contributed by atoms with van der Waals surface area (Å²) in [6.07, 6.45) is 1.97. The van der Waals surface area contributed by atoms with E-state index in [0.29, 0.717) is 6.54 Å². The van der Waals surface area contributed by atoms with Crippen LogP contribution in [0.1, 0.15) is 45.2 Å². The SMILES string of the molecule is CC(CNC(=O)OC(C)(C)C)NCc1cccc2c1NCCC2. The monoisotopic (exact) mass is 319 g/mol. The Labute approximate surface area is 139 Å². The van der Waals surface area contributed by atoms with Gasteiger partial charge in [0.1, 0.15) is 5.60 Å². The van der Waals surface area contributed by atoms with Crippen LogP contribution < -0.4 is 16.0 Å². The fourth-order valence-corrected chi connectivity index (χ4v) is 2.64. The van der Waals surface area contributed by atoms with Gasteiger partial charge >= 0.3 is 6.09 Å². The molecule has 1 aromatic rings. The molecule has 1 atom stereocenters. The number of hydrogen-bond acceptors (Lipinski definition) is 4. The predicted octanol–water partition coefficient (Wildman–Crippen LogP) is 3.05. The average molecular weight is 319 g/mol. The number of carbonyl (C=O) groups is 1. The molecule has 0 radical (unpaired) electrons. The molecular weight excluding hydrogens is 290 g/mol. The van der Waals surface area contributed by atoms with Crippen LogP contribution in [0.25, 0.3) is 0 Å². The Balaban J connectivity index is 1.79. The first-order valence-electron chi connectivity index (χ1n) is 8.40. The summed E-state index contributed by atoms with van der Waals surface area (Å²) in [7, 11) is 0. The number of carbonyl (C=O) groups excluding carboxylic acids is 1. The molecule has 128 valence electrons. The minimum Gasteiger partial charge on any atom is -0.444 e. The molecular formula is C18H29N3O2.